The number of aliphatic carboxylic acids is 1. The van der Waals surface area contributed by atoms with Crippen LogP contribution in [0.5, 0.6) is 0 Å². The summed E-state index contributed by atoms with van der Waals surface area (Å²) in [5.74, 6) is -0.128. The van der Waals surface area contributed by atoms with Crippen LogP contribution in [0.2, 0.25) is 0 Å². The molecule has 1 saturated heterocycles. The van der Waals surface area contributed by atoms with Gasteiger partial charge in [0.2, 0.25) is 0 Å². The molecule has 0 saturated carbocycles. The molecule has 1 fully saturated rings. The number of aromatic nitrogens is 1. The molecule has 0 radical (unpaired) electrons. The quantitative estimate of drug-likeness (QED) is 0.784. The number of rotatable bonds is 2. The first kappa shape index (κ1) is 11.3. The molecule has 1 aliphatic heterocycles. The summed E-state index contributed by atoms with van der Waals surface area (Å²) >= 11 is 3.28. The standard InChI is InChI=1S/C10H12BrN3O2/c11-8-2-1-3-9(13-8)14-5-4-12-6-7(14)10(15)16/h1-3,7,12H,4-6H2,(H,15,16)/t7-/m1/s1. The van der Waals surface area contributed by atoms with Gasteiger partial charge in [0.25, 0.3) is 0 Å². The number of carbonyl (C=O) groups is 1. The van der Waals surface area contributed by atoms with E-state index in [-0.39, 0.29) is 0 Å². The Hall–Kier alpha value is -1.14. The van der Waals surface area contributed by atoms with E-state index in [1.54, 1.807) is 0 Å². The molecule has 2 rings (SSSR count). The van der Waals surface area contributed by atoms with E-state index in [9.17, 15) is 4.79 Å². The van der Waals surface area contributed by atoms with Gasteiger partial charge < -0.3 is 15.3 Å². The summed E-state index contributed by atoms with van der Waals surface area (Å²) in [6.45, 7) is 1.88. The lowest BCUT2D eigenvalue weighted by molar-refractivity contribution is -0.138. The number of nitrogens with one attached hydrogen (secondary N) is 1. The van der Waals surface area contributed by atoms with E-state index in [2.05, 4.69) is 26.2 Å². The maximum absolute atomic E-state index is 11.1. The normalized spacial score (nSPS) is 20.8. The van der Waals surface area contributed by atoms with Crippen LogP contribution in [0.3, 0.4) is 0 Å². The lowest BCUT2D eigenvalue weighted by atomic mass is 10.2. The Balaban J connectivity index is 2.26. The van der Waals surface area contributed by atoms with Crippen molar-refractivity contribution in [3.8, 4) is 0 Å². The second-order valence-corrected chi connectivity index (χ2v) is 4.38. The molecular weight excluding hydrogens is 274 g/mol. The van der Waals surface area contributed by atoms with Gasteiger partial charge in [0, 0.05) is 19.6 Å². The minimum Gasteiger partial charge on any atom is -0.480 e. The van der Waals surface area contributed by atoms with E-state index in [4.69, 9.17) is 5.11 Å². The number of piperazine rings is 1. The third-order valence-corrected chi connectivity index (χ3v) is 2.96. The van der Waals surface area contributed by atoms with Crippen LogP contribution < -0.4 is 10.2 Å². The first-order chi connectivity index (χ1) is 7.68. The first-order valence-corrected chi connectivity index (χ1v) is 5.80. The molecule has 1 aromatic rings. The van der Waals surface area contributed by atoms with E-state index in [0.717, 1.165) is 6.54 Å². The zero-order valence-electron chi connectivity index (χ0n) is 8.56. The van der Waals surface area contributed by atoms with Crippen LogP contribution in [0.4, 0.5) is 5.82 Å². The largest absolute Gasteiger partial charge is 0.480 e. The van der Waals surface area contributed by atoms with Gasteiger partial charge in [-0.3, -0.25) is 0 Å². The van der Waals surface area contributed by atoms with Crippen molar-refractivity contribution in [1.82, 2.24) is 10.3 Å². The molecule has 0 amide bonds. The Morgan fingerprint density at radius 2 is 2.44 bits per heavy atom. The molecule has 1 aliphatic rings. The monoisotopic (exact) mass is 285 g/mol. The van der Waals surface area contributed by atoms with E-state index < -0.39 is 12.0 Å². The van der Waals surface area contributed by atoms with Gasteiger partial charge in [-0.05, 0) is 28.1 Å². The molecule has 0 spiro atoms. The molecule has 1 atom stereocenters. The predicted octanol–water partition coefficient (Wildman–Crippen LogP) is 0.707. The predicted molar refractivity (Wildman–Crippen MR) is 63.6 cm³/mol. The molecule has 2 heterocycles. The average Bonchev–Trinajstić information content (AvgIpc) is 2.29. The van der Waals surface area contributed by atoms with Gasteiger partial charge in [0.1, 0.15) is 16.5 Å². The Bertz CT molecular complexity index is 399. The summed E-state index contributed by atoms with van der Waals surface area (Å²) in [5, 5.41) is 12.2. The fourth-order valence-electron chi connectivity index (χ4n) is 1.76. The number of pyridine rings is 1. The van der Waals surface area contributed by atoms with E-state index in [1.165, 1.54) is 0 Å². The number of anilines is 1. The highest BCUT2D eigenvalue weighted by molar-refractivity contribution is 9.10. The Labute approximate surface area is 102 Å². The van der Waals surface area contributed by atoms with E-state index >= 15 is 0 Å². The molecule has 0 bridgehead atoms. The van der Waals surface area contributed by atoms with E-state index in [0.29, 0.717) is 23.5 Å². The van der Waals surface area contributed by atoms with Crippen LogP contribution in [-0.2, 0) is 4.79 Å². The third-order valence-electron chi connectivity index (χ3n) is 2.52. The molecule has 1 aromatic heterocycles. The average molecular weight is 286 g/mol. The number of hydrogen-bond donors (Lipinski definition) is 2. The molecule has 0 aliphatic carbocycles. The number of nitrogens with zero attached hydrogens (tertiary/aromatic N) is 2. The second-order valence-electron chi connectivity index (χ2n) is 3.57. The Morgan fingerprint density at radius 1 is 1.62 bits per heavy atom. The number of halogens is 1. The van der Waals surface area contributed by atoms with Crippen molar-refractivity contribution in [2.45, 2.75) is 6.04 Å². The molecular formula is C10H12BrN3O2. The van der Waals surface area contributed by atoms with Crippen molar-refractivity contribution in [3.63, 3.8) is 0 Å². The van der Waals surface area contributed by atoms with Crippen LogP contribution in [0.25, 0.3) is 0 Å². The summed E-state index contributed by atoms with van der Waals surface area (Å²) in [7, 11) is 0. The lowest BCUT2D eigenvalue weighted by Gasteiger charge is -2.34. The highest BCUT2D eigenvalue weighted by atomic mass is 79.9. The number of carboxylic acid groups (broad SMARTS) is 1. The van der Waals surface area contributed by atoms with Crippen molar-refractivity contribution in [3.05, 3.63) is 22.8 Å². The van der Waals surface area contributed by atoms with Gasteiger partial charge in [-0.25, -0.2) is 9.78 Å². The first-order valence-electron chi connectivity index (χ1n) is 5.01. The molecule has 16 heavy (non-hydrogen) atoms. The third kappa shape index (κ3) is 2.33. The Morgan fingerprint density at radius 3 is 3.12 bits per heavy atom. The number of carboxylic acids is 1. The lowest BCUT2D eigenvalue weighted by Crippen LogP contribution is -2.55. The zero-order chi connectivity index (χ0) is 11.5. The maximum atomic E-state index is 11.1. The van der Waals surface area contributed by atoms with Crippen molar-refractivity contribution in [1.29, 1.82) is 0 Å². The van der Waals surface area contributed by atoms with Gasteiger partial charge in [-0.1, -0.05) is 6.07 Å². The summed E-state index contributed by atoms with van der Waals surface area (Å²) in [6.07, 6.45) is 0. The Kier molecular flexibility index (Phi) is 3.40. The van der Waals surface area contributed by atoms with Crippen molar-refractivity contribution < 1.29 is 9.90 Å². The second kappa shape index (κ2) is 4.80. The van der Waals surface area contributed by atoms with Gasteiger partial charge in [-0.15, -0.1) is 0 Å². The molecule has 86 valence electrons. The summed E-state index contributed by atoms with van der Waals surface area (Å²) < 4.78 is 0.715. The van der Waals surface area contributed by atoms with Gasteiger partial charge >= 0.3 is 5.97 Å². The van der Waals surface area contributed by atoms with Crippen LogP contribution in [0.1, 0.15) is 0 Å². The van der Waals surface area contributed by atoms with E-state index in [1.807, 2.05) is 23.1 Å². The van der Waals surface area contributed by atoms with Crippen molar-refractivity contribution in [2.75, 3.05) is 24.5 Å². The molecule has 2 N–H and O–H groups in total. The van der Waals surface area contributed by atoms with Crippen molar-refractivity contribution >= 4 is 27.7 Å². The molecule has 0 aromatic carbocycles. The highest BCUT2D eigenvalue weighted by Crippen LogP contribution is 2.18. The molecule has 6 heteroatoms. The molecule has 5 nitrogen and oxygen atoms in total. The fourth-order valence-corrected chi connectivity index (χ4v) is 2.09. The van der Waals surface area contributed by atoms with Crippen molar-refractivity contribution in [2.24, 2.45) is 0 Å². The zero-order valence-corrected chi connectivity index (χ0v) is 10.1. The highest BCUT2D eigenvalue weighted by Gasteiger charge is 2.29. The van der Waals surface area contributed by atoms with Gasteiger partial charge in [-0.2, -0.15) is 0 Å². The van der Waals surface area contributed by atoms with Crippen LogP contribution in [-0.4, -0.2) is 41.7 Å². The number of hydrogen-bond acceptors (Lipinski definition) is 4. The van der Waals surface area contributed by atoms with Gasteiger partial charge in [0.05, 0.1) is 0 Å². The summed E-state index contributed by atoms with van der Waals surface area (Å²) in [4.78, 5) is 17.2. The molecule has 0 unspecified atom stereocenters. The van der Waals surface area contributed by atoms with Crippen LogP contribution in [0.15, 0.2) is 22.8 Å². The topological polar surface area (TPSA) is 65.5 Å². The smallest absolute Gasteiger partial charge is 0.327 e. The maximum Gasteiger partial charge on any atom is 0.327 e. The fraction of sp³-hybridized carbons (Fsp3) is 0.400. The summed E-state index contributed by atoms with van der Waals surface area (Å²) in [5.41, 5.74) is 0. The summed E-state index contributed by atoms with van der Waals surface area (Å²) in [6, 6.07) is 4.96. The van der Waals surface area contributed by atoms with Crippen LogP contribution >= 0.6 is 15.9 Å². The van der Waals surface area contributed by atoms with Gasteiger partial charge in [0.15, 0.2) is 0 Å². The minimum absolute atomic E-state index is 0.448. The minimum atomic E-state index is -0.825. The van der Waals surface area contributed by atoms with Crippen LogP contribution in [0, 0.1) is 0 Å². The SMILES string of the molecule is O=C(O)[C@H]1CNCCN1c1cccc(Br)n1.